The molecule has 0 saturated carbocycles. The summed E-state index contributed by atoms with van der Waals surface area (Å²) in [7, 11) is 0. The molecule has 1 saturated heterocycles. The number of carbonyl (C=O) groups excluding carboxylic acids is 1. The molecule has 4 heteroatoms. The molecule has 0 spiro atoms. The second-order valence-electron chi connectivity index (χ2n) is 5.65. The molecular weight excluding hydrogens is 262 g/mol. The first kappa shape index (κ1) is 15.5. The Hall–Kier alpha value is -1.84. The summed E-state index contributed by atoms with van der Waals surface area (Å²) in [4.78, 5) is 14.5. The van der Waals surface area contributed by atoms with E-state index in [1.165, 1.54) is 6.42 Å². The molecule has 1 amide bonds. The molecule has 0 bridgehead atoms. The van der Waals surface area contributed by atoms with Gasteiger partial charge in [0.2, 0.25) is 5.91 Å². The zero-order chi connectivity index (χ0) is 15.1. The van der Waals surface area contributed by atoms with Crippen LogP contribution in [0, 0.1) is 0 Å². The number of carbonyl (C=O) groups is 1. The van der Waals surface area contributed by atoms with Crippen LogP contribution in [-0.2, 0) is 4.79 Å². The van der Waals surface area contributed by atoms with Crippen molar-refractivity contribution in [3.05, 3.63) is 30.3 Å². The average Bonchev–Trinajstić information content (AvgIpc) is 2.53. The van der Waals surface area contributed by atoms with Gasteiger partial charge < -0.3 is 4.90 Å². The van der Waals surface area contributed by atoms with Gasteiger partial charge in [0.25, 0.3) is 0 Å². The molecule has 2 rings (SSSR count). The Morgan fingerprint density at radius 3 is 2.81 bits per heavy atom. The van der Waals surface area contributed by atoms with Crippen LogP contribution in [0.4, 0.5) is 5.69 Å². The van der Waals surface area contributed by atoms with Gasteiger partial charge in [-0.15, -0.1) is 0 Å². The largest absolute Gasteiger partial charge is 0.339 e. The highest BCUT2D eigenvalue weighted by Gasteiger charge is 2.25. The number of rotatable bonds is 5. The molecule has 1 atom stereocenters. The first-order valence-corrected chi connectivity index (χ1v) is 7.84. The van der Waals surface area contributed by atoms with E-state index in [0.717, 1.165) is 37.2 Å². The fourth-order valence-corrected chi connectivity index (χ4v) is 2.79. The van der Waals surface area contributed by atoms with Gasteiger partial charge in [-0.25, -0.2) is 0 Å². The van der Waals surface area contributed by atoms with Crippen molar-refractivity contribution in [3.63, 3.8) is 0 Å². The molecule has 1 aliphatic heterocycles. The van der Waals surface area contributed by atoms with Gasteiger partial charge in [0.05, 0.1) is 12.1 Å². The Kier molecular flexibility index (Phi) is 5.78. The molecular formula is C17H25N3O. The molecule has 0 aliphatic carbocycles. The highest BCUT2D eigenvalue weighted by Crippen LogP contribution is 2.20. The van der Waals surface area contributed by atoms with Crippen LogP contribution < -0.4 is 5.43 Å². The number of nitrogens with zero attached hydrogens (tertiary/aromatic N) is 2. The van der Waals surface area contributed by atoms with Crippen LogP contribution in [0.25, 0.3) is 0 Å². The van der Waals surface area contributed by atoms with Gasteiger partial charge in [-0.3, -0.25) is 10.2 Å². The van der Waals surface area contributed by atoms with Crippen LogP contribution in [0.5, 0.6) is 0 Å². The van der Waals surface area contributed by atoms with Gasteiger partial charge in [0, 0.05) is 18.3 Å². The zero-order valence-corrected chi connectivity index (χ0v) is 13.0. The summed E-state index contributed by atoms with van der Waals surface area (Å²) in [6.07, 6.45) is 4.95. The number of nitrogens with one attached hydrogen (secondary N) is 1. The summed E-state index contributed by atoms with van der Waals surface area (Å²) < 4.78 is 0. The van der Waals surface area contributed by atoms with E-state index in [4.69, 9.17) is 0 Å². The summed E-state index contributed by atoms with van der Waals surface area (Å²) in [5, 5.41) is 4.30. The molecule has 1 fully saturated rings. The maximum absolute atomic E-state index is 12.4. The lowest BCUT2D eigenvalue weighted by atomic mass is 9.99. The van der Waals surface area contributed by atoms with Gasteiger partial charge in [0.1, 0.15) is 0 Å². The third kappa shape index (κ3) is 4.59. The Morgan fingerprint density at radius 2 is 2.10 bits per heavy atom. The number of anilines is 1. The monoisotopic (exact) mass is 287 g/mol. The molecule has 1 aromatic rings. The predicted octanol–water partition coefficient (Wildman–Crippen LogP) is 3.66. The fourth-order valence-electron chi connectivity index (χ4n) is 2.79. The molecule has 0 radical (unpaired) electrons. The van der Waals surface area contributed by atoms with E-state index < -0.39 is 0 Å². The van der Waals surface area contributed by atoms with Crippen molar-refractivity contribution in [2.75, 3.05) is 12.0 Å². The lowest BCUT2D eigenvalue weighted by Crippen LogP contribution is -2.43. The number of para-hydroxylation sites is 1. The minimum Gasteiger partial charge on any atom is -0.339 e. The Labute approximate surface area is 127 Å². The lowest BCUT2D eigenvalue weighted by Gasteiger charge is -2.35. The van der Waals surface area contributed by atoms with E-state index in [2.05, 4.69) is 17.5 Å². The molecule has 1 aromatic carbocycles. The minimum atomic E-state index is 0.206. The number of hydrogen-bond donors (Lipinski definition) is 1. The summed E-state index contributed by atoms with van der Waals surface area (Å²) in [6, 6.07) is 10.2. The number of amides is 1. The van der Waals surface area contributed by atoms with Crippen LogP contribution in [0.15, 0.2) is 35.4 Å². The van der Waals surface area contributed by atoms with E-state index in [1.807, 2.05) is 42.2 Å². The first-order chi connectivity index (χ1) is 10.2. The molecule has 114 valence electrons. The summed E-state index contributed by atoms with van der Waals surface area (Å²) in [5.74, 6) is 0.206. The van der Waals surface area contributed by atoms with Crippen molar-refractivity contribution < 1.29 is 4.79 Å². The highest BCUT2D eigenvalue weighted by molar-refractivity contribution is 6.00. The highest BCUT2D eigenvalue weighted by atomic mass is 16.2. The SMILES string of the molecule is CC[C@@H]1CCCCN1C(=O)C/C(C)=N/Nc1ccccc1. The fraction of sp³-hybridized carbons (Fsp3) is 0.529. The summed E-state index contributed by atoms with van der Waals surface area (Å²) in [5.41, 5.74) is 4.76. The number of benzene rings is 1. The van der Waals surface area contributed by atoms with Gasteiger partial charge in [-0.2, -0.15) is 5.10 Å². The van der Waals surface area contributed by atoms with Crippen LogP contribution in [0.3, 0.4) is 0 Å². The molecule has 1 N–H and O–H groups in total. The number of piperidine rings is 1. The van der Waals surface area contributed by atoms with Crippen molar-refractivity contribution in [1.29, 1.82) is 0 Å². The number of hydrogen-bond acceptors (Lipinski definition) is 3. The molecule has 0 aromatic heterocycles. The second-order valence-corrected chi connectivity index (χ2v) is 5.65. The van der Waals surface area contributed by atoms with E-state index in [1.54, 1.807) is 0 Å². The minimum absolute atomic E-state index is 0.206. The van der Waals surface area contributed by atoms with Crippen molar-refractivity contribution in [2.24, 2.45) is 5.10 Å². The van der Waals surface area contributed by atoms with E-state index in [9.17, 15) is 4.79 Å². The van der Waals surface area contributed by atoms with E-state index in [-0.39, 0.29) is 5.91 Å². The van der Waals surface area contributed by atoms with Crippen LogP contribution in [-0.4, -0.2) is 29.1 Å². The van der Waals surface area contributed by atoms with Gasteiger partial charge in [-0.1, -0.05) is 25.1 Å². The van der Waals surface area contributed by atoms with Crippen molar-refractivity contribution in [1.82, 2.24) is 4.90 Å². The molecule has 4 nitrogen and oxygen atoms in total. The molecule has 1 aliphatic rings. The standard InChI is InChI=1S/C17H25N3O/c1-3-16-11-7-8-12-20(16)17(21)13-14(2)18-19-15-9-5-4-6-10-15/h4-6,9-10,16,19H,3,7-8,11-13H2,1-2H3/b18-14+/t16-/m1/s1. The molecule has 0 unspecified atom stereocenters. The molecule has 1 heterocycles. The van der Waals surface area contributed by atoms with Crippen molar-refractivity contribution >= 4 is 17.3 Å². The van der Waals surface area contributed by atoms with E-state index >= 15 is 0 Å². The van der Waals surface area contributed by atoms with Crippen molar-refractivity contribution in [2.45, 2.75) is 52.0 Å². The number of hydrazone groups is 1. The Morgan fingerprint density at radius 1 is 1.33 bits per heavy atom. The van der Waals surface area contributed by atoms with Gasteiger partial charge in [0.15, 0.2) is 0 Å². The quantitative estimate of drug-likeness (QED) is 0.663. The average molecular weight is 287 g/mol. The first-order valence-electron chi connectivity index (χ1n) is 7.84. The second kappa shape index (κ2) is 7.81. The maximum atomic E-state index is 12.4. The number of likely N-dealkylation sites (tertiary alicyclic amines) is 1. The van der Waals surface area contributed by atoms with Crippen LogP contribution in [0.1, 0.15) is 46.0 Å². The summed E-state index contributed by atoms with van der Waals surface area (Å²) in [6.45, 7) is 4.96. The summed E-state index contributed by atoms with van der Waals surface area (Å²) >= 11 is 0. The predicted molar refractivity (Wildman–Crippen MR) is 87.4 cm³/mol. The van der Waals surface area contributed by atoms with Crippen LogP contribution >= 0.6 is 0 Å². The lowest BCUT2D eigenvalue weighted by molar-refractivity contribution is -0.133. The van der Waals surface area contributed by atoms with Crippen LogP contribution in [0.2, 0.25) is 0 Å². The van der Waals surface area contributed by atoms with Crippen molar-refractivity contribution in [3.8, 4) is 0 Å². The van der Waals surface area contributed by atoms with E-state index in [0.29, 0.717) is 12.5 Å². The Balaban J connectivity index is 1.89. The normalized spacial score (nSPS) is 19.4. The Bertz CT molecular complexity index is 484. The van der Waals surface area contributed by atoms with Gasteiger partial charge in [-0.05, 0) is 44.7 Å². The van der Waals surface area contributed by atoms with Gasteiger partial charge >= 0.3 is 0 Å². The molecule has 21 heavy (non-hydrogen) atoms. The zero-order valence-electron chi connectivity index (χ0n) is 13.0. The third-order valence-electron chi connectivity index (χ3n) is 3.98. The third-order valence-corrected chi connectivity index (χ3v) is 3.98. The topological polar surface area (TPSA) is 44.7 Å². The maximum Gasteiger partial charge on any atom is 0.228 e. The smallest absolute Gasteiger partial charge is 0.228 e.